The van der Waals surface area contributed by atoms with Crippen LogP contribution in [0.1, 0.15) is 11.1 Å². The van der Waals surface area contributed by atoms with Crippen LogP contribution in [-0.2, 0) is 0 Å². The van der Waals surface area contributed by atoms with E-state index in [1.807, 2.05) is 37.3 Å². The number of benzene rings is 2. The Morgan fingerprint density at radius 3 is 2.50 bits per heavy atom. The van der Waals surface area contributed by atoms with Gasteiger partial charge in [0.25, 0.3) is 0 Å². The van der Waals surface area contributed by atoms with Crippen LogP contribution in [0.3, 0.4) is 0 Å². The van der Waals surface area contributed by atoms with Crippen molar-refractivity contribution in [2.45, 2.75) is 13.8 Å². The molecule has 0 saturated heterocycles. The molecule has 0 bridgehead atoms. The number of ether oxygens (including phenoxy) is 2. The van der Waals surface area contributed by atoms with Crippen LogP contribution in [0.15, 0.2) is 42.7 Å². The Hall–Kier alpha value is -3.48. The molecule has 1 aliphatic heterocycles. The average Bonchev–Trinajstić information content (AvgIpc) is 3.08. The number of hydrogen-bond donors (Lipinski definition) is 3. The molecule has 0 radical (unpaired) electrons. The van der Waals surface area contributed by atoms with Crippen molar-refractivity contribution in [3.63, 3.8) is 0 Å². The highest BCUT2D eigenvalue weighted by molar-refractivity contribution is 5.81. The van der Waals surface area contributed by atoms with E-state index < -0.39 is 0 Å². The lowest BCUT2D eigenvalue weighted by molar-refractivity contribution is 0.174. The number of hydrogen-bond acceptors (Lipinski definition) is 7. The Morgan fingerprint density at radius 1 is 0.923 bits per heavy atom. The molecule has 2 heterocycles. The van der Waals surface area contributed by atoms with E-state index in [0.29, 0.717) is 23.1 Å². The second-order valence-electron chi connectivity index (χ2n) is 6.12. The molecule has 0 aliphatic carbocycles. The standard InChI is InChI=1S/C19H19N5O2/c1-11-3-5-14(12(2)7-11)24-19-17(20)18(21-9-22-19)23-13-4-6-15-16(8-13)26-10-25-15/h3-9H,10,20H2,1-2H3,(H2,21,22,23,24). The van der Waals surface area contributed by atoms with Crippen molar-refractivity contribution < 1.29 is 9.47 Å². The zero-order chi connectivity index (χ0) is 18.1. The second-order valence-corrected chi connectivity index (χ2v) is 6.12. The molecule has 0 amide bonds. The summed E-state index contributed by atoms with van der Waals surface area (Å²) in [5.74, 6) is 2.49. The maximum absolute atomic E-state index is 6.27. The van der Waals surface area contributed by atoms with Gasteiger partial charge < -0.3 is 25.8 Å². The molecule has 7 heteroatoms. The number of anilines is 5. The molecule has 0 saturated carbocycles. The monoisotopic (exact) mass is 349 g/mol. The molecule has 4 N–H and O–H groups in total. The minimum atomic E-state index is 0.235. The highest BCUT2D eigenvalue weighted by Crippen LogP contribution is 2.36. The van der Waals surface area contributed by atoms with Crippen LogP contribution in [0.2, 0.25) is 0 Å². The zero-order valence-corrected chi connectivity index (χ0v) is 14.5. The van der Waals surface area contributed by atoms with Crippen molar-refractivity contribution in [3.05, 3.63) is 53.9 Å². The third-order valence-corrected chi connectivity index (χ3v) is 4.15. The first-order valence-electron chi connectivity index (χ1n) is 8.21. The molecule has 7 nitrogen and oxygen atoms in total. The van der Waals surface area contributed by atoms with Crippen molar-refractivity contribution in [3.8, 4) is 11.5 Å². The first-order chi connectivity index (χ1) is 12.6. The van der Waals surface area contributed by atoms with E-state index in [9.17, 15) is 0 Å². The van der Waals surface area contributed by atoms with Gasteiger partial charge in [-0.2, -0.15) is 0 Å². The van der Waals surface area contributed by atoms with Gasteiger partial charge in [0, 0.05) is 17.4 Å². The van der Waals surface area contributed by atoms with Gasteiger partial charge in [0.15, 0.2) is 23.1 Å². The van der Waals surface area contributed by atoms with Gasteiger partial charge >= 0.3 is 0 Å². The molecule has 1 aromatic heterocycles. The first kappa shape index (κ1) is 16.0. The Bertz CT molecular complexity index is 974. The smallest absolute Gasteiger partial charge is 0.231 e. The molecular formula is C19H19N5O2. The predicted molar refractivity (Wildman–Crippen MR) is 101 cm³/mol. The second kappa shape index (κ2) is 6.44. The molecule has 26 heavy (non-hydrogen) atoms. The fraction of sp³-hybridized carbons (Fsp3) is 0.158. The fourth-order valence-electron chi connectivity index (χ4n) is 2.79. The normalized spacial score (nSPS) is 12.1. The first-order valence-corrected chi connectivity index (χ1v) is 8.21. The lowest BCUT2D eigenvalue weighted by atomic mass is 10.1. The predicted octanol–water partition coefficient (Wildman–Crippen LogP) is 3.89. The van der Waals surface area contributed by atoms with E-state index >= 15 is 0 Å². The number of aryl methyl sites for hydroxylation is 2. The maximum Gasteiger partial charge on any atom is 0.231 e. The number of nitrogen functional groups attached to an aromatic ring is 1. The molecule has 132 valence electrons. The van der Waals surface area contributed by atoms with Gasteiger partial charge in [0.05, 0.1) is 0 Å². The summed E-state index contributed by atoms with van der Waals surface area (Å²) in [7, 11) is 0. The Morgan fingerprint density at radius 2 is 1.69 bits per heavy atom. The number of rotatable bonds is 4. The molecule has 0 unspecified atom stereocenters. The molecule has 2 aromatic carbocycles. The largest absolute Gasteiger partial charge is 0.454 e. The summed E-state index contributed by atoms with van der Waals surface area (Å²) >= 11 is 0. The Kier molecular flexibility index (Phi) is 3.96. The SMILES string of the molecule is Cc1ccc(Nc2ncnc(Nc3ccc4c(c3)OCO4)c2N)c(C)c1. The van der Waals surface area contributed by atoms with E-state index in [4.69, 9.17) is 15.2 Å². The molecule has 1 aliphatic rings. The van der Waals surface area contributed by atoms with Crippen LogP contribution in [0.5, 0.6) is 11.5 Å². The Balaban J connectivity index is 1.59. The molecule has 0 fully saturated rings. The van der Waals surface area contributed by atoms with Gasteiger partial charge in [-0.25, -0.2) is 9.97 Å². The van der Waals surface area contributed by atoms with Crippen molar-refractivity contribution in [2.75, 3.05) is 23.2 Å². The topological polar surface area (TPSA) is 94.3 Å². The molecule has 0 spiro atoms. The maximum atomic E-state index is 6.27. The highest BCUT2D eigenvalue weighted by Gasteiger charge is 2.15. The van der Waals surface area contributed by atoms with Crippen LogP contribution < -0.4 is 25.8 Å². The van der Waals surface area contributed by atoms with E-state index in [1.54, 1.807) is 0 Å². The summed E-state index contributed by atoms with van der Waals surface area (Å²) in [6, 6.07) is 11.7. The summed E-state index contributed by atoms with van der Waals surface area (Å²) in [5, 5.41) is 6.47. The van der Waals surface area contributed by atoms with Crippen LogP contribution in [0, 0.1) is 13.8 Å². The summed E-state index contributed by atoms with van der Waals surface area (Å²) in [6.07, 6.45) is 1.47. The molecule has 3 aromatic rings. The van der Waals surface area contributed by atoms with E-state index in [-0.39, 0.29) is 6.79 Å². The lowest BCUT2D eigenvalue weighted by Crippen LogP contribution is -2.05. The van der Waals surface area contributed by atoms with Crippen molar-refractivity contribution in [1.29, 1.82) is 0 Å². The van der Waals surface area contributed by atoms with Gasteiger partial charge in [-0.05, 0) is 37.6 Å². The number of fused-ring (bicyclic) bond motifs is 1. The van der Waals surface area contributed by atoms with Crippen LogP contribution in [-0.4, -0.2) is 16.8 Å². The quantitative estimate of drug-likeness (QED) is 0.658. The lowest BCUT2D eigenvalue weighted by Gasteiger charge is -2.14. The third-order valence-electron chi connectivity index (χ3n) is 4.15. The summed E-state index contributed by atoms with van der Waals surface area (Å²) in [6.45, 7) is 4.33. The minimum Gasteiger partial charge on any atom is -0.454 e. The summed E-state index contributed by atoms with van der Waals surface area (Å²) in [4.78, 5) is 8.51. The molecule has 0 atom stereocenters. The summed E-state index contributed by atoms with van der Waals surface area (Å²) < 4.78 is 10.7. The van der Waals surface area contributed by atoms with Crippen molar-refractivity contribution in [2.24, 2.45) is 0 Å². The molecule has 4 rings (SSSR count). The number of aromatic nitrogens is 2. The Labute approximate surface area is 151 Å². The number of nitrogens with two attached hydrogens (primary N) is 1. The zero-order valence-electron chi connectivity index (χ0n) is 14.5. The van der Waals surface area contributed by atoms with Gasteiger partial charge in [-0.15, -0.1) is 0 Å². The van der Waals surface area contributed by atoms with Crippen LogP contribution >= 0.6 is 0 Å². The fourth-order valence-corrected chi connectivity index (χ4v) is 2.79. The molecular weight excluding hydrogens is 330 g/mol. The van der Waals surface area contributed by atoms with E-state index in [1.165, 1.54) is 11.9 Å². The van der Waals surface area contributed by atoms with Crippen molar-refractivity contribution >= 4 is 28.7 Å². The van der Waals surface area contributed by atoms with Gasteiger partial charge in [0.1, 0.15) is 12.0 Å². The number of nitrogens with zero attached hydrogens (tertiary/aromatic N) is 2. The van der Waals surface area contributed by atoms with Crippen LogP contribution in [0.25, 0.3) is 0 Å². The number of nitrogens with one attached hydrogen (secondary N) is 2. The third kappa shape index (κ3) is 3.06. The van der Waals surface area contributed by atoms with Gasteiger partial charge in [0.2, 0.25) is 6.79 Å². The van der Waals surface area contributed by atoms with E-state index in [2.05, 4.69) is 33.6 Å². The highest BCUT2D eigenvalue weighted by atomic mass is 16.7. The van der Waals surface area contributed by atoms with Gasteiger partial charge in [-0.1, -0.05) is 17.7 Å². The average molecular weight is 349 g/mol. The minimum absolute atomic E-state index is 0.235. The summed E-state index contributed by atoms with van der Waals surface area (Å²) in [5.41, 5.74) is 10.8. The van der Waals surface area contributed by atoms with Crippen LogP contribution in [0.4, 0.5) is 28.7 Å². The van der Waals surface area contributed by atoms with E-state index in [0.717, 1.165) is 22.7 Å². The van der Waals surface area contributed by atoms with Gasteiger partial charge in [-0.3, -0.25) is 0 Å². The van der Waals surface area contributed by atoms with Crippen molar-refractivity contribution in [1.82, 2.24) is 9.97 Å².